The molecule has 0 bridgehead atoms. The van der Waals surface area contributed by atoms with Gasteiger partial charge in [0, 0.05) is 57.5 Å². The van der Waals surface area contributed by atoms with Crippen molar-refractivity contribution in [2.45, 2.75) is 58.7 Å². The van der Waals surface area contributed by atoms with Crippen LogP contribution in [-0.4, -0.2) is 92.3 Å². The lowest BCUT2D eigenvalue weighted by Gasteiger charge is -2.56. The Balaban J connectivity index is 1.59. The van der Waals surface area contributed by atoms with Gasteiger partial charge in [0.05, 0.1) is 6.61 Å². The standard InChI is InChI=1S/C33H47N3O6/c1-24(2)25-11-13-26(14-12-25)33(39,32(6)22-36(23-32)30(38)42-31(3,4)5)27-9-8-10-28(21-27)34-15-17-35(18-16-34)29(37)41-20-19-40-7/h8-14,21,24,39H,15-20,22-23H2,1-7H3/t33-/m0/s1. The van der Waals surface area contributed by atoms with E-state index >= 15 is 0 Å². The number of methoxy groups -OCH3 is 1. The van der Waals surface area contributed by atoms with Gasteiger partial charge in [-0.2, -0.15) is 0 Å². The highest BCUT2D eigenvalue weighted by Gasteiger charge is 2.58. The third-order valence-electron chi connectivity index (χ3n) is 8.28. The van der Waals surface area contributed by atoms with Gasteiger partial charge in [-0.15, -0.1) is 0 Å². The zero-order chi connectivity index (χ0) is 30.7. The first-order valence-electron chi connectivity index (χ1n) is 14.8. The predicted molar refractivity (Wildman–Crippen MR) is 163 cm³/mol. The first-order chi connectivity index (χ1) is 19.8. The summed E-state index contributed by atoms with van der Waals surface area (Å²) < 4.78 is 15.9. The van der Waals surface area contributed by atoms with Crippen molar-refractivity contribution in [2.24, 2.45) is 5.41 Å². The molecule has 4 rings (SSSR count). The molecule has 0 unspecified atom stereocenters. The maximum Gasteiger partial charge on any atom is 0.410 e. The molecular weight excluding hydrogens is 534 g/mol. The van der Waals surface area contributed by atoms with Crippen LogP contribution in [0.2, 0.25) is 0 Å². The molecule has 42 heavy (non-hydrogen) atoms. The van der Waals surface area contributed by atoms with E-state index in [4.69, 9.17) is 14.2 Å². The number of hydrogen-bond donors (Lipinski definition) is 1. The average Bonchev–Trinajstić information content (AvgIpc) is 2.94. The molecule has 0 aromatic heterocycles. The Labute approximate surface area is 250 Å². The summed E-state index contributed by atoms with van der Waals surface area (Å²) in [7, 11) is 1.57. The fourth-order valence-corrected chi connectivity index (χ4v) is 5.83. The highest BCUT2D eigenvalue weighted by molar-refractivity contribution is 5.70. The second-order valence-corrected chi connectivity index (χ2v) is 13.0. The number of piperazine rings is 1. The molecule has 2 aromatic carbocycles. The number of carbonyl (C=O) groups excluding carboxylic acids is 2. The topological polar surface area (TPSA) is 91.8 Å². The van der Waals surface area contributed by atoms with Crippen LogP contribution in [-0.2, 0) is 19.8 Å². The van der Waals surface area contributed by atoms with Crippen molar-refractivity contribution in [3.63, 3.8) is 0 Å². The van der Waals surface area contributed by atoms with E-state index < -0.39 is 16.6 Å². The molecule has 1 N–H and O–H groups in total. The number of aliphatic hydroxyl groups is 1. The van der Waals surface area contributed by atoms with Gasteiger partial charge >= 0.3 is 12.2 Å². The number of likely N-dealkylation sites (tertiary alicyclic amines) is 1. The first-order valence-corrected chi connectivity index (χ1v) is 14.8. The largest absolute Gasteiger partial charge is 0.447 e. The summed E-state index contributed by atoms with van der Waals surface area (Å²) in [6.07, 6.45) is -0.697. The van der Waals surface area contributed by atoms with Gasteiger partial charge in [-0.25, -0.2) is 9.59 Å². The van der Waals surface area contributed by atoms with Crippen LogP contribution in [0.25, 0.3) is 0 Å². The van der Waals surface area contributed by atoms with Crippen LogP contribution < -0.4 is 4.90 Å². The van der Waals surface area contributed by atoms with E-state index in [-0.39, 0.29) is 18.8 Å². The lowest BCUT2D eigenvalue weighted by atomic mass is 9.61. The Morgan fingerprint density at radius 3 is 2.12 bits per heavy atom. The minimum absolute atomic E-state index is 0.235. The van der Waals surface area contributed by atoms with Gasteiger partial charge in [-0.3, -0.25) is 0 Å². The second kappa shape index (κ2) is 12.5. The Morgan fingerprint density at radius 1 is 0.905 bits per heavy atom. The Kier molecular flexibility index (Phi) is 9.42. The van der Waals surface area contributed by atoms with Gasteiger partial charge in [0.1, 0.15) is 17.8 Å². The quantitative estimate of drug-likeness (QED) is 0.428. The zero-order valence-electron chi connectivity index (χ0n) is 26.2. The normalized spacial score (nSPS) is 18.4. The summed E-state index contributed by atoms with van der Waals surface area (Å²) >= 11 is 0. The fourth-order valence-electron chi connectivity index (χ4n) is 5.83. The number of rotatable bonds is 8. The van der Waals surface area contributed by atoms with Gasteiger partial charge in [0.25, 0.3) is 0 Å². The van der Waals surface area contributed by atoms with Crippen molar-refractivity contribution >= 4 is 17.9 Å². The lowest BCUT2D eigenvalue weighted by Crippen LogP contribution is -2.66. The van der Waals surface area contributed by atoms with Crippen molar-refractivity contribution < 1.29 is 28.9 Å². The minimum atomic E-state index is -1.36. The summed E-state index contributed by atoms with van der Waals surface area (Å²) in [4.78, 5) is 30.8. The van der Waals surface area contributed by atoms with Crippen LogP contribution >= 0.6 is 0 Å². The summed E-state index contributed by atoms with van der Waals surface area (Å²) in [6, 6.07) is 16.2. The molecule has 0 radical (unpaired) electrons. The van der Waals surface area contributed by atoms with Crippen molar-refractivity contribution in [1.82, 2.24) is 9.80 Å². The van der Waals surface area contributed by atoms with E-state index in [0.717, 1.165) is 16.8 Å². The fraction of sp³-hybridized carbons (Fsp3) is 0.576. The van der Waals surface area contributed by atoms with Gasteiger partial charge in [0.15, 0.2) is 0 Å². The van der Waals surface area contributed by atoms with Crippen LogP contribution in [0.15, 0.2) is 48.5 Å². The minimum Gasteiger partial charge on any atom is -0.447 e. The third-order valence-corrected chi connectivity index (χ3v) is 8.28. The number of ether oxygens (including phenoxy) is 3. The van der Waals surface area contributed by atoms with Crippen molar-refractivity contribution in [3.05, 3.63) is 65.2 Å². The maximum absolute atomic E-state index is 12.8. The molecule has 2 aromatic rings. The number of nitrogens with zero attached hydrogens (tertiary/aromatic N) is 3. The monoisotopic (exact) mass is 581 g/mol. The van der Waals surface area contributed by atoms with Crippen LogP contribution in [0, 0.1) is 5.41 Å². The van der Waals surface area contributed by atoms with Gasteiger partial charge < -0.3 is 34.0 Å². The Hall–Kier alpha value is -3.30. The van der Waals surface area contributed by atoms with E-state index in [2.05, 4.69) is 30.9 Å². The van der Waals surface area contributed by atoms with Crippen molar-refractivity contribution in [2.75, 3.05) is 64.5 Å². The van der Waals surface area contributed by atoms with E-state index in [1.165, 1.54) is 5.56 Å². The number of amides is 2. The van der Waals surface area contributed by atoms with E-state index in [1.54, 1.807) is 16.9 Å². The Bertz CT molecular complexity index is 1230. The number of carbonyl (C=O) groups is 2. The van der Waals surface area contributed by atoms with E-state index in [0.29, 0.717) is 51.8 Å². The van der Waals surface area contributed by atoms with E-state index in [1.807, 2.05) is 64.1 Å². The van der Waals surface area contributed by atoms with Crippen LogP contribution in [0.4, 0.5) is 15.3 Å². The molecule has 0 spiro atoms. The molecule has 2 fully saturated rings. The van der Waals surface area contributed by atoms with Crippen molar-refractivity contribution in [3.8, 4) is 0 Å². The molecular formula is C33H47N3O6. The molecule has 0 aliphatic carbocycles. The molecule has 2 amide bonds. The molecule has 0 saturated carbocycles. The van der Waals surface area contributed by atoms with Crippen LogP contribution in [0.3, 0.4) is 0 Å². The van der Waals surface area contributed by atoms with Crippen LogP contribution in [0.1, 0.15) is 64.2 Å². The summed E-state index contributed by atoms with van der Waals surface area (Å²) in [5.74, 6) is 0.369. The van der Waals surface area contributed by atoms with Gasteiger partial charge in [-0.1, -0.05) is 57.2 Å². The predicted octanol–water partition coefficient (Wildman–Crippen LogP) is 5.21. The molecule has 2 aliphatic rings. The summed E-state index contributed by atoms with van der Waals surface area (Å²) in [5.41, 5.74) is 1.14. The molecule has 2 heterocycles. The summed E-state index contributed by atoms with van der Waals surface area (Å²) in [6.45, 7) is 15.6. The average molecular weight is 582 g/mol. The van der Waals surface area contributed by atoms with Crippen LogP contribution in [0.5, 0.6) is 0 Å². The highest BCUT2D eigenvalue weighted by Crippen LogP contribution is 2.51. The Morgan fingerprint density at radius 2 is 1.55 bits per heavy atom. The molecule has 2 aliphatic heterocycles. The third kappa shape index (κ3) is 6.68. The molecule has 230 valence electrons. The highest BCUT2D eigenvalue weighted by atomic mass is 16.6. The molecule has 9 nitrogen and oxygen atoms in total. The van der Waals surface area contributed by atoms with E-state index in [9.17, 15) is 14.7 Å². The molecule has 9 heteroatoms. The smallest absolute Gasteiger partial charge is 0.410 e. The lowest BCUT2D eigenvalue weighted by molar-refractivity contribution is -0.131. The number of hydrogen-bond acceptors (Lipinski definition) is 7. The first kappa shape index (κ1) is 31.6. The molecule has 2 saturated heterocycles. The van der Waals surface area contributed by atoms with Gasteiger partial charge in [-0.05, 0) is 55.5 Å². The second-order valence-electron chi connectivity index (χ2n) is 13.0. The van der Waals surface area contributed by atoms with Gasteiger partial charge in [0.2, 0.25) is 0 Å². The zero-order valence-corrected chi connectivity index (χ0v) is 26.2. The van der Waals surface area contributed by atoms with Crippen molar-refractivity contribution in [1.29, 1.82) is 0 Å². The number of anilines is 1. The molecule has 1 atom stereocenters. The summed E-state index contributed by atoms with van der Waals surface area (Å²) in [5, 5.41) is 12.8. The maximum atomic E-state index is 12.8. The number of benzene rings is 2. The SMILES string of the molecule is COCCOC(=O)N1CCN(c2cccc([C@@](O)(c3ccc(C(C)C)cc3)C3(C)CN(C(=O)OC(C)(C)C)C3)c2)CC1.